The molecule has 2 heterocycles. The number of likely N-dealkylation sites (tertiary alicyclic amines) is 1. The number of unbranched alkanes of at least 4 members (excludes halogenated alkanes) is 1. The van der Waals surface area contributed by atoms with Crippen molar-refractivity contribution in [2.45, 2.75) is 94.8 Å². The molecule has 4 unspecified atom stereocenters. The van der Waals surface area contributed by atoms with Gasteiger partial charge >= 0.3 is 0 Å². The van der Waals surface area contributed by atoms with Crippen molar-refractivity contribution in [1.29, 1.82) is 0 Å². The summed E-state index contributed by atoms with van der Waals surface area (Å²) in [5, 5.41) is 12.1. The van der Waals surface area contributed by atoms with Crippen LogP contribution >= 0.6 is 12.4 Å². The van der Waals surface area contributed by atoms with Crippen molar-refractivity contribution in [3.8, 4) is 11.5 Å². The average Bonchev–Trinajstić information content (AvgIpc) is 3.23. The van der Waals surface area contributed by atoms with Crippen LogP contribution in [-0.4, -0.2) is 48.5 Å². The average molecular weight is 538 g/mol. The van der Waals surface area contributed by atoms with E-state index in [4.69, 9.17) is 9.47 Å². The number of aliphatic hydroxyl groups is 1. The fourth-order valence-electron chi connectivity index (χ4n) is 9.01. The van der Waals surface area contributed by atoms with Crippen LogP contribution in [0.15, 0.2) is 42.5 Å². The second-order valence-corrected chi connectivity index (χ2v) is 13.1. The maximum absolute atomic E-state index is 12.1. The topological polar surface area (TPSA) is 41.9 Å². The Morgan fingerprint density at radius 1 is 1.11 bits per heavy atom. The second-order valence-electron chi connectivity index (χ2n) is 13.1. The van der Waals surface area contributed by atoms with Crippen molar-refractivity contribution in [3.05, 3.63) is 59.2 Å². The molecule has 7 rings (SSSR count). The van der Waals surface area contributed by atoms with Crippen LogP contribution in [0, 0.1) is 17.3 Å². The number of nitrogens with zero attached hydrogens (tertiary/aromatic N) is 1. The van der Waals surface area contributed by atoms with Gasteiger partial charge in [-0.3, -0.25) is 4.90 Å². The number of piperidine rings is 1. The molecule has 206 valence electrons. The van der Waals surface area contributed by atoms with Crippen molar-refractivity contribution in [2.75, 3.05) is 20.2 Å². The van der Waals surface area contributed by atoms with Crippen LogP contribution in [-0.2, 0) is 18.3 Å². The summed E-state index contributed by atoms with van der Waals surface area (Å²) in [5.41, 5.74) is 4.06. The lowest BCUT2D eigenvalue weighted by atomic mass is 9.46. The lowest BCUT2D eigenvalue weighted by molar-refractivity contribution is -0.165. The van der Waals surface area contributed by atoms with Gasteiger partial charge in [-0.2, -0.15) is 0 Å². The molecule has 0 amide bonds. The first-order valence-electron chi connectivity index (χ1n) is 14.9. The quantitative estimate of drug-likeness (QED) is 0.399. The maximum atomic E-state index is 12.1. The van der Waals surface area contributed by atoms with Crippen LogP contribution in [0.5, 0.6) is 11.5 Å². The molecule has 3 aliphatic carbocycles. The molecule has 2 saturated carbocycles. The molecule has 2 bridgehead atoms. The van der Waals surface area contributed by atoms with E-state index in [0.717, 1.165) is 62.5 Å². The summed E-state index contributed by atoms with van der Waals surface area (Å²) in [4.78, 5) is 2.86. The third-order valence-corrected chi connectivity index (χ3v) is 11.2. The zero-order valence-electron chi connectivity index (χ0n) is 23.0. The van der Waals surface area contributed by atoms with Gasteiger partial charge < -0.3 is 14.6 Å². The van der Waals surface area contributed by atoms with E-state index in [0.29, 0.717) is 12.0 Å². The van der Waals surface area contributed by atoms with Gasteiger partial charge in [-0.15, -0.1) is 12.4 Å². The molecule has 2 aromatic carbocycles. The highest BCUT2D eigenvalue weighted by molar-refractivity contribution is 5.85. The SMILES string of the molecule is COc1ccc2c3c1OC1[C@@H](O)[C@](C)(CCCCc4ccccc4)CC4C(C2)N(CC2CCC2)CCC341.Cl. The third kappa shape index (κ3) is 3.92. The summed E-state index contributed by atoms with van der Waals surface area (Å²) in [6.07, 6.45) is 11.4. The maximum Gasteiger partial charge on any atom is 0.165 e. The minimum Gasteiger partial charge on any atom is -0.493 e. The molecular weight excluding hydrogens is 494 g/mol. The molecular formula is C33H44ClNO3. The fraction of sp³-hybridized carbons (Fsp3) is 0.636. The number of rotatable bonds is 8. The van der Waals surface area contributed by atoms with E-state index in [2.05, 4.69) is 54.3 Å². The predicted molar refractivity (Wildman–Crippen MR) is 154 cm³/mol. The normalized spacial score (nSPS) is 35.0. The van der Waals surface area contributed by atoms with Gasteiger partial charge in [0.1, 0.15) is 6.10 Å². The molecule has 1 saturated heterocycles. The monoisotopic (exact) mass is 537 g/mol. The van der Waals surface area contributed by atoms with E-state index in [1.54, 1.807) is 7.11 Å². The summed E-state index contributed by atoms with van der Waals surface area (Å²) < 4.78 is 12.6. The number of halogens is 1. The fourth-order valence-corrected chi connectivity index (χ4v) is 9.01. The van der Waals surface area contributed by atoms with Gasteiger partial charge in [0.25, 0.3) is 0 Å². The Bertz CT molecular complexity index is 1150. The Morgan fingerprint density at radius 2 is 1.92 bits per heavy atom. The molecule has 1 N–H and O–H groups in total. The van der Waals surface area contributed by atoms with Gasteiger partial charge in [-0.25, -0.2) is 0 Å². The van der Waals surface area contributed by atoms with E-state index in [-0.39, 0.29) is 29.3 Å². The highest BCUT2D eigenvalue weighted by atomic mass is 35.5. The Balaban J connectivity index is 0.00000264. The van der Waals surface area contributed by atoms with E-state index in [1.807, 2.05) is 0 Å². The number of benzene rings is 2. The summed E-state index contributed by atoms with van der Waals surface area (Å²) in [5.74, 6) is 3.20. The molecule has 38 heavy (non-hydrogen) atoms. The first-order valence-corrected chi connectivity index (χ1v) is 14.9. The summed E-state index contributed by atoms with van der Waals surface area (Å²) in [6, 6.07) is 15.8. The summed E-state index contributed by atoms with van der Waals surface area (Å²) in [7, 11) is 1.75. The molecule has 0 radical (unpaired) electrons. The minimum atomic E-state index is -0.456. The molecule has 5 heteroatoms. The van der Waals surface area contributed by atoms with E-state index in [9.17, 15) is 5.11 Å². The van der Waals surface area contributed by atoms with Crippen LogP contribution in [0.4, 0.5) is 0 Å². The highest BCUT2D eigenvalue weighted by Crippen LogP contribution is 2.67. The van der Waals surface area contributed by atoms with Crippen molar-refractivity contribution < 1.29 is 14.6 Å². The Morgan fingerprint density at radius 3 is 2.66 bits per heavy atom. The van der Waals surface area contributed by atoms with E-state index in [1.165, 1.54) is 48.9 Å². The van der Waals surface area contributed by atoms with Crippen LogP contribution in [0.3, 0.4) is 0 Å². The van der Waals surface area contributed by atoms with Crippen molar-refractivity contribution in [1.82, 2.24) is 4.90 Å². The van der Waals surface area contributed by atoms with Gasteiger partial charge in [0, 0.05) is 23.6 Å². The summed E-state index contributed by atoms with van der Waals surface area (Å²) in [6.45, 7) is 4.75. The second kappa shape index (κ2) is 10.0. The smallest absolute Gasteiger partial charge is 0.165 e. The molecule has 2 aromatic rings. The van der Waals surface area contributed by atoms with Crippen molar-refractivity contribution in [3.63, 3.8) is 0 Å². The minimum absolute atomic E-state index is 0. The van der Waals surface area contributed by atoms with Crippen LogP contribution in [0.25, 0.3) is 0 Å². The largest absolute Gasteiger partial charge is 0.493 e. The van der Waals surface area contributed by atoms with Gasteiger partial charge in [0.05, 0.1) is 13.2 Å². The van der Waals surface area contributed by atoms with Crippen molar-refractivity contribution in [2.24, 2.45) is 17.3 Å². The Hall–Kier alpha value is -1.75. The van der Waals surface area contributed by atoms with E-state index < -0.39 is 6.10 Å². The summed E-state index contributed by atoms with van der Waals surface area (Å²) >= 11 is 0. The van der Waals surface area contributed by atoms with Gasteiger partial charge in [-0.1, -0.05) is 56.2 Å². The van der Waals surface area contributed by atoms with Crippen LogP contribution in [0.2, 0.25) is 0 Å². The molecule has 4 nitrogen and oxygen atoms in total. The van der Waals surface area contributed by atoms with Crippen LogP contribution in [0.1, 0.15) is 75.0 Å². The lowest BCUT2D eigenvalue weighted by Gasteiger charge is -2.63. The number of ether oxygens (including phenoxy) is 2. The highest BCUT2D eigenvalue weighted by Gasteiger charge is 2.69. The van der Waals surface area contributed by atoms with Gasteiger partial charge in [0.15, 0.2) is 11.5 Å². The number of aryl methyl sites for hydroxylation is 1. The zero-order chi connectivity index (χ0) is 25.2. The molecule has 0 aromatic heterocycles. The third-order valence-electron chi connectivity index (χ3n) is 11.2. The standard InChI is InChI=1S/C33H43NO3.ClH/c1-32(16-7-6-11-22-9-4-3-5-10-22)20-25-26-19-24-14-15-27(36-2)29-28(24)33(25,31(37-29)30(32)35)17-18-34(26)21-23-12-8-13-23;/h3-5,9-10,14-15,23,25-26,30-31,35H,6-8,11-13,16-21H2,1-2H3;1H/t25?,26?,30-,31?,32-,33?;/m1./s1. The number of hydrogen-bond acceptors (Lipinski definition) is 4. The van der Waals surface area contributed by atoms with Crippen LogP contribution < -0.4 is 9.47 Å². The lowest BCUT2D eigenvalue weighted by Crippen LogP contribution is -2.70. The number of aliphatic hydroxyl groups excluding tert-OH is 1. The first kappa shape index (κ1) is 26.5. The number of hydrogen-bond donors (Lipinski definition) is 1. The Kier molecular flexibility index (Phi) is 6.98. The number of methoxy groups -OCH3 is 1. The molecule has 3 fully saturated rings. The zero-order valence-corrected chi connectivity index (χ0v) is 23.8. The molecule has 2 aliphatic heterocycles. The van der Waals surface area contributed by atoms with Crippen molar-refractivity contribution >= 4 is 12.4 Å². The Labute approximate surface area is 234 Å². The van der Waals surface area contributed by atoms with Gasteiger partial charge in [0.2, 0.25) is 0 Å². The molecule has 6 atom stereocenters. The predicted octanol–water partition coefficient (Wildman–Crippen LogP) is 6.35. The molecule has 1 spiro atoms. The first-order chi connectivity index (χ1) is 18.0. The van der Waals surface area contributed by atoms with Gasteiger partial charge in [-0.05, 0) is 92.4 Å². The van der Waals surface area contributed by atoms with E-state index >= 15 is 0 Å². The molecule has 5 aliphatic rings.